The van der Waals surface area contributed by atoms with Crippen LogP contribution >= 0.6 is 0 Å². The van der Waals surface area contributed by atoms with Crippen molar-refractivity contribution in [2.45, 2.75) is 52.5 Å². The lowest BCUT2D eigenvalue weighted by Crippen LogP contribution is -2.49. The number of rotatable bonds is 9. The molecule has 0 fully saturated rings. The predicted octanol–water partition coefficient (Wildman–Crippen LogP) is 3.17. The molecule has 0 atom stereocenters. The molecular formula is C17H23FO6Si. The number of carbonyl (C=O) groups excluding carboxylic acids is 3. The van der Waals surface area contributed by atoms with Gasteiger partial charge in [-0.25, -0.2) is 4.39 Å². The molecule has 0 amide bonds. The van der Waals surface area contributed by atoms with Crippen molar-refractivity contribution in [1.29, 1.82) is 0 Å². The van der Waals surface area contributed by atoms with Crippen LogP contribution in [0.25, 0.3) is 0 Å². The van der Waals surface area contributed by atoms with Crippen molar-refractivity contribution in [1.82, 2.24) is 0 Å². The van der Waals surface area contributed by atoms with E-state index in [1.165, 1.54) is 32.9 Å². The number of benzene rings is 1. The molecule has 0 unspecified atom stereocenters. The highest BCUT2D eigenvalue weighted by molar-refractivity contribution is 6.65. The minimum absolute atomic E-state index is 0.162. The maximum atomic E-state index is 13.1. The van der Waals surface area contributed by atoms with Crippen molar-refractivity contribution in [3.63, 3.8) is 0 Å². The van der Waals surface area contributed by atoms with Gasteiger partial charge in [0.25, 0.3) is 17.9 Å². The molecule has 0 bridgehead atoms. The molecule has 0 radical (unpaired) electrons. The zero-order chi connectivity index (χ0) is 18.9. The molecule has 25 heavy (non-hydrogen) atoms. The van der Waals surface area contributed by atoms with Crippen molar-refractivity contribution in [2.75, 3.05) is 0 Å². The topological polar surface area (TPSA) is 78.9 Å². The second-order valence-electron chi connectivity index (χ2n) is 5.65. The highest BCUT2D eigenvalue weighted by Crippen LogP contribution is 2.21. The first-order valence-corrected chi connectivity index (χ1v) is 9.99. The summed E-state index contributed by atoms with van der Waals surface area (Å²) in [7, 11) is -3.73. The van der Waals surface area contributed by atoms with Crippen LogP contribution in [0.2, 0.25) is 6.04 Å². The fraction of sp³-hybridized carbons (Fsp3) is 0.471. The fourth-order valence-electron chi connectivity index (χ4n) is 2.41. The lowest BCUT2D eigenvalue weighted by atomic mass is 10.1. The second-order valence-corrected chi connectivity index (χ2v) is 8.13. The Balaban J connectivity index is 2.59. The van der Waals surface area contributed by atoms with Crippen LogP contribution in [-0.4, -0.2) is 26.7 Å². The van der Waals surface area contributed by atoms with E-state index in [0.717, 1.165) is 18.4 Å². The summed E-state index contributed by atoms with van der Waals surface area (Å²) in [6.07, 6.45) is 2.72. The Bertz CT molecular complexity index is 578. The van der Waals surface area contributed by atoms with Crippen LogP contribution in [0.15, 0.2) is 24.3 Å². The van der Waals surface area contributed by atoms with E-state index < -0.39 is 26.7 Å². The summed E-state index contributed by atoms with van der Waals surface area (Å²) in [5.41, 5.74) is 0.892. The highest BCUT2D eigenvalue weighted by atomic mass is 28.4. The van der Waals surface area contributed by atoms with Crippen molar-refractivity contribution < 1.29 is 32.1 Å². The maximum Gasteiger partial charge on any atom is 0.705 e. The van der Waals surface area contributed by atoms with Crippen LogP contribution in [0.3, 0.4) is 0 Å². The van der Waals surface area contributed by atoms with E-state index >= 15 is 0 Å². The summed E-state index contributed by atoms with van der Waals surface area (Å²) in [4.78, 5) is 34.0. The number of halogens is 1. The number of hydrogen-bond acceptors (Lipinski definition) is 6. The molecule has 1 aromatic carbocycles. The van der Waals surface area contributed by atoms with Gasteiger partial charge in [0.15, 0.2) is 0 Å². The first-order chi connectivity index (χ1) is 11.7. The molecule has 0 aromatic heterocycles. The van der Waals surface area contributed by atoms with E-state index in [1.807, 2.05) is 6.07 Å². The second kappa shape index (κ2) is 9.92. The largest absolute Gasteiger partial charge is 0.705 e. The summed E-state index contributed by atoms with van der Waals surface area (Å²) in [6.45, 7) is 3.50. The van der Waals surface area contributed by atoms with E-state index in [0.29, 0.717) is 12.8 Å². The van der Waals surface area contributed by atoms with Crippen LogP contribution in [-0.2, 0) is 34.1 Å². The first kappa shape index (κ1) is 20.8. The van der Waals surface area contributed by atoms with Gasteiger partial charge in [-0.2, -0.15) is 0 Å². The van der Waals surface area contributed by atoms with Gasteiger partial charge in [0, 0.05) is 20.8 Å². The Kier molecular flexibility index (Phi) is 8.27. The zero-order valence-electron chi connectivity index (χ0n) is 14.7. The molecule has 0 N–H and O–H groups in total. The van der Waals surface area contributed by atoms with Crippen LogP contribution in [0.5, 0.6) is 0 Å². The first-order valence-electron chi connectivity index (χ1n) is 8.05. The molecule has 0 heterocycles. The summed E-state index contributed by atoms with van der Waals surface area (Å²) >= 11 is 0. The molecule has 1 rings (SSSR count). The van der Waals surface area contributed by atoms with Gasteiger partial charge in [0.2, 0.25) is 0 Å². The molecule has 0 spiro atoms. The minimum Gasteiger partial charge on any atom is -0.455 e. The quantitative estimate of drug-likeness (QED) is 0.491. The standard InChI is InChI=1S/C17H23FO6Si/c1-13(19)22-25(23-14(2)20,24-15(3)21)11-6-4-5-8-16-9-7-10-17(18)12-16/h7,9-10,12H,4-6,8,11H2,1-3H3. The monoisotopic (exact) mass is 370 g/mol. The average molecular weight is 370 g/mol. The summed E-state index contributed by atoms with van der Waals surface area (Å²) in [5, 5.41) is 0. The minimum atomic E-state index is -3.73. The van der Waals surface area contributed by atoms with Crippen molar-refractivity contribution in [3.05, 3.63) is 35.6 Å². The zero-order valence-corrected chi connectivity index (χ0v) is 15.7. The number of hydrogen-bond donors (Lipinski definition) is 0. The van der Waals surface area contributed by atoms with Gasteiger partial charge >= 0.3 is 8.80 Å². The fourth-order valence-corrected chi connectivity index (χ4v) is 4.84. The normalized spacial score (nSPS) is 10.9. The van der Waals surface area contributed by atoms with Gasteiger partial charge in [-0.15, -0.1) is 0 Å². The molecular weight excluding hydrogens is 347 g/mol. The summed E-state index contributed by atoms with van der Waals surface area (Å²) < 4.78 is 28.4. The lowest BCUT2D eigenvalue weighted by Gasteiger charge is -2.26. The number of aryl methyl sites for hydroxylation is 1. The summed E-state index contributed by atoms with van der Waals surface area (Å²) in [5.74, 6) is -2.29. The third-order valence-corrected chi connectivity index (χ3v) is 6.00. The molecule has 0 saturated carbocycles. The third kappa shape index (κ3) is 8.44. The number of unbranched alkanes of at least 4 members (excludes halogenated alkanes) is 2. The van der Waals surface area contributed by atoms with Crippen LogP contribution in [0, 0.1) is 5.82 Å². The summed E-state index contributed by atoms with van der Waals surface area (Å²) in [6, 6.07) is 6.54. The maximum absolute atomic E-state index is 13.1. The smallest absolute Gasteiger partial charge is 0.455 e. The van der Waals surface area contributed by atoms with E-state index in [2.05, 4.69) is 0 Å². The predicted molar refractivity (Wildman–Crippen MR) is 89.8 cm³/mol. The third-order valence-electron chi connectivity index (χ3n) is 3.24. The molecule has 138 valence electrons. The van der Waals surface area contributed by atoms with Crippen molar-refractivity contribution in [3.8, 4) is 0 Å². The molecule has 0 saturated heterocycles. The molecule has 0 aliphatic heterocycles. The Morgan fingerprint density at radius 2 is 1.48 bits per heavy atom. The van der Waals surface area contributed by atoms with Crippen LogP contribution in [0.1, 0.15) is 45.6 Å². The Morgan fingerprint density at radius 3 is 1.96 bits per heavy atom. The molecule has 8 heteroatoms. The van der Waals surface area contributed by atoms with Gasteiger partial charge < -0.3 is 13.3 Å². The van der Waals surface area contributed by atoms with E-state index in [4.69, 9.17) is 13.3 Å². The average Bonchev–Trinajstić information content (AvgIpc) is 2.44. The van der Waals surface area contributed by atoms with Crippen LogP contribution in [0.4, 0.5) is 4.39 Å². The highest BCUT2D eigenvalue weighted by Gasteiger charge is 2.51. The number of carbonyl (C=O) groups is 3. The Morgan fingerprint density at radius 1 is 0.920 bits per heavy atom. The van der Waals surface area contributed by atoms with Crippen LogP contribution < -0.4 is 0 Å². The SMILES string of the molecule is CC(=O)O[Si](CCCCCc1cccc(F)c1)(OC(C)=O)OC(C)=O. The van der Waals surface area contributed by atoms with Crippen molar-refractivity contribution in [2.24, 2.45) is 0 Å². The lowest BCUT2D eigenvalue weighted by molar-refractivity contribution is -0.147. The van der Waals surface area contributed by atoms with Gasteiger partial charge in [-0.05, 0) is 37.0 Å². The molecule has 0 aliphatic rings. The molecule has 6 nitrogen and oxygen atoms in total. The van der Waals surface area contributed by atoms with Gasteiger partial charge in [-0.3, -0.25) is 14.4 Å². The molecule has 0 aliphatic carbocycles. The van der Waals surface area contributed by atoms with Gasteiger partial charge in [0.1, 0.15) is 5.82 Å². The van der Waals surface area contributed by atoms with E-state index in [9.17, 15) is 18.8 Å². The van der Waals surface area contributed by atoms with Gasteiger partial charge in [0.05, 0.1) is 6.04 Å². The van der Waals surface area contributed by atoms with E-state index in [-0.39, 0.29) is 11.9 Å². The Labute approximate surface area is 147 Å². The Hall–Kier alpha value is -2.22. The van der Waals surface area contributed by atoms with Crippen molar-refractivity contribution >= 4 is 26.7 Å². The van der Waals surface area contributed by atoms with Gasteiger partial charge in [-0.1, -0.05) is 18.6 Å². The molecule has 1 aromatic rings. The van der Waals surface area contributed by atoms with E-state index in [1.54, 1.807) is 6.07 Å².